The van der Waals surface area contributed by atoms with Crippen LogP contribution in [0.2, 0.25) is 0 Å². The van der Waals surface area contributed by atoms with Gasteiger partial charge in [-0.1, -0.05) is 50.1 Å². The first-order valence-corrected chi connectivity index (χ1v) is 8.69. The summed E-state index contributed by atoms with van der Waals surface area (Å²) >= 11 is 0. The molecule has 0 unspecified atom stereocenters. The number of ketones is 1. The summed E-state index contributed by atoms with van der Waals surface area (Å²) in [5.41, 5.74) is 1.19. The Bertz CT molecular complexity index is 705. The lowest BCUT2D eigenvalue weighted by molar-refractivity contribution is -0.122. The van der Waals surface area contributed by atoms with Gasteiger partial charge in [-0.25, -0.2) is 0 Å². The summed E-state index contributed by atoms with van der Waals surface area (Å²) in [5.74, 6) is 0.448. The van der Waals surface area contributed by atoms with Crippen LogP contribution in [-0.2, 0) is 11.3 Å². The van der Waals surface area contributed by atoms with Crippen molar-refractivity contribution >= 4 is 11.7 Å². The Morgan fingerprint density at radius 3 is 2.58 bits per heavy atom. The number of hydrogen-bond acceptors (Lipinski definition) is 2. The normalized spacial score (nSPS) is 20.5. The fraction of sp³-hybridized carbons (Fsp3) is 0.400. The molecule has 1 N–H and O–H groups in total. The van der Waals surface area contributed by atoms with E-state index in [1.807, 2.05) is 24.3 Å². The minimum atomic E-state index is -0.0561. The highest BCUT2D eigenvalue weighted by atomic mass is 16.2. The van der Waals surface area contributed by atoms with E-state index in [4.69, 9.17) is 0 Å². The van der Waals surface area contributed by atoms with E-state index in [1.54, 1.807) is 29.0 Å². The zero-order chi connectivity index (χ0) is 16.9. The Kier molecular flexibility index (Phi) is 5.14. The van der Waals surface area contributed by atoms with Gasteiger partial charge in [-0.3, -0.25) is 9.59 Å². The highest BCUT2D eigenvalue weighted by Gasteiger charge is 2.23. The average Bonchev–Trinajstić information content (AvgIpc) is 3.05. The van der Waals surface area contributed by atoms with Crippen LogP contribution in [0.3, 0.4) is 0 Å². The van der Waals surface area contributed by atoms with Gasteiger partial charge in [0.1, 0.15) is 6.54 Å². The standard InChI is InChI=1S/C20H24N2O2/c1-15-8-5-6-11-17(15)21-19(23)14-22-13-7-12-18(22)20(24)16-9-3-2-4-10-16/h2-4,7,9-10,12-13,15,17H,5-6,8,11,14H2,1H3,(H,21,23)/t15-,17+/m0/s1. The molecule has 1 aliphatic carbocycles. The predicted octanol–water partition coefficient (Wildman–Crippen LogP) is 3.41. The highest BCUT2D eigenvalue weighted by molar-refractivity contribution is 6.08. The van der Waals surface area contributed by atoms with Gasteiger partial charge in [-0.2, -0.15) is 0 Å². The SMILES string of the molecule is C[C@H]1CCCC[C@H]1NC(=O)Cn1cccc1C(=O)c1ccccc1. The molecular weight excluding hydrogens is 300 g/mol. The van der Waals surface area contributed by atoms with E-state index in [9.17, 15) is 9.59 Å². The summed E-state index contributed by atoms with van der Waals surface area (Å²) < 4.78 is 1.73. The maximum absolute atomic E-state index is 12.6. The number of benzene rings is 1. The van der Waals surface area contributed by atoms with Crippen LogP contribution < -0.4 is 5.32 Å². The zero-order valence-electron chi connectivity index (χ0n) is 14.1. The van der Waals surface area contributed by atoms with Gasteiger partial charge in [0, 0.05) is 17.8 Å². The topological polar surface area (TPSA) is 51.1 Å². The molecular formula is C20H24N2O2. The number of aromatic nitrogens is 1. The molecule has 2 aromatic rings. The van der Waals surface area contributed by atoms with Crippen molar-refractivity contribution in [2.24, 2.45) is 5.92 Å². The lowest BCUT2D eigenvalue weighted by atomic mass is 9.86. The van der Waals surface area contributed by atoms with Crippen molar-refractivity contribution in [1.82, 2.24) is 9.88 Å². The third-order valence-electron chi connectivity index (χ3n) is 4.87. The maximum atomic E-state index is 12.6. The highest BCUT2D eigenvalue weighted by Crippen LogP contribution is 2.23. The minimum Gasteiger partial charge on any atom is -0.352 e. The molecule has 1 fully saturated rings. The lowest BCUT2D eigenvalue weighted by Crippen LogP contribution is -2.42. The van der Waals surface area contributed by atoms with Crippen molar-refractivity contribution in [1.29, 1.82) is 0 Å². The molecule has 0 aliphatic heterocycles. The Morgan fingerprint density at radius 1 is 1.08 bits per heavy atom. The minimum absolute atomic E-state index is 0.0212. The van der Waals surface area contributed by atoms with Crippen LogP contribution in [0.15, 0.2) is 48.7 Å². The average molecular weight is 324 g/mol. The number of nitrogens with one attached hydrogen (secondary N) is 1. The number of carbonyl (C=O) groups is 2. The molecule has 1 amide bonds. The van der Waals surface area contributed by atoms with Crippen molar-refractivity contribution in [3.63, 3.8) is 0 Å². The molecule has 4 nitrogen and oxygen atoms in total. The van der Waals surface area contributed by atoms with Crippen LogP contribution in [-0.4, -0.2) is 22.3 Å². The van der Waals surface area contributed by atoms with E-state index in [0.717, 1.165) is 6.42 Å². The summed E-state index contributed by atoms with van der Waals surface area (Å²) in [4.78, 5) is 25.0. The maximum Gasteiger partial charge on any atom is 0.240 e. The van der Waals surface area contributed by atoms with Crippen LogP contribution in [0.25, 0.3) is 0 Å². The number of rotatable bonds is 5. The fourth-order valence-corrected chi connectivity index (χ4v) is 3.43. The molecule has 126 valence electrons. The predicted molar refractivity (Wildman–Crippen MR) is 93.9 cm³/mol. The Morgan fingerprint density at radius 2 is 1.83 bits per heavy atom. The molecule has 1 heterocycles. The summed E-state index contributed by atoms with van der Waals surface area (Å²) in [6.07, 6.45) is 6.44. The van der Waals surface area contributed by atoms with Gasteiger partial charge in [-0.15, -0.1) is 0 Å². The van der Waals surface area contributed by atoms with E-state index in [2.05, 4.69) is 12.2 Å². The molecule has 3 rings (SSSR count). The molecule has 1 aliphatic rings. The Balaban J connectivity index is 1.67. The van der Waals surface area contributed by atoms with Crippen LogP contribution in [0.4, 0.5) is 0 Å². The first-order chi connectivity index (χ1) is 11.6. The summed E-state index contributed by atoms with van der Waals surface area (Å²) in [5, 5.41) is 3.14. The molecule has 2 atom stereocenters. The molecule has 0 bridgehead atoms. The van der Waals surface area contributed by atoms with Crippen molar-refractivity contribution in [2.45, 2.75) is 45.2 Å². The van der Waals surface area contributed by atoms with E-state index in [1.165, 1.54) is 19.3 Å². The molecule has 0 saturated heterocycles. The van der Waals surface area contributed by atoms with Gasteiger partial charge < -0.3 is 9.88 Å². The number of nitrogens with zero attached hydrogens (tertiary/aromatic N) is 1. The molecule has 0 spiro atoms. The van der Waals surface area contributed by atoms with Gasteiger partial charge in [0.05, 0.1) is 5.69 Å². The molecule has 24 heavy (non-hydrogen) atoms. The molecule has 1 aromatic heterocycles. The van der Waals surface area contributed by atoms with Crippen molar-refractivity contribution in [2.75, 3.05) is 0 Å². The Hall–Kier alpha value is -2.36. The largest absolute Gasteiger partial charge is 0.352 e. The van der Waals surface area contributed by atoms with Crippen LogP contribution >= 0.6 is 0 Å². The van der Waals surface area contributed by atoms with Gasteiger partial charge in [-0.05, 0) is 30.9 Å². The second-order valence-corrected chi connectivity index (χ2v) is 6.65. The number of carbonyl (C=O) groups excluding carboxylic acids is 2. The van der Waals surface area contributed by atoms with Crippen molar-refractivity contribution in [3.8, 4) is 0 Å². The molecule has 1 saturated carbocycles. The van der Waals surface area contributed by atoms with Crippen LogP contribution in [0.1, 0.15) is 48.7 Å². The summed E-state index contributed by atoms with van der Waals surface area (Å²) in [7, 11) is 0. The first kappa shape index (κ1) is 16.5. The van der Waals surface area contributed by atoms with Crippen LogP contribution in [0.5, 0.6) is 0 Å². The van der Waals surface area contributed by atoms with E-state index in [-0.39, 0.29) is 24.3 Å². The second-order valence-electron chi connectivity index (χ2n) is 6.65. The van der Waals surface area contributed by atoms with E-state index >= 15 is 0 Å². The smallest absolute Gasteiger partial charge is 0.240 e. The third-order valence-corrected chi connectivity index (χ3v) is 4.87. The van der Waals surface area contributed by atoms with Crippen LogP contribution in [0, 0.1) is 5.92 Å². The second kappa shape index (κ2) is 7.47. The third kappa shape index (κ3) is 3.75. The summed E-state index contributed by atoms with van der Waals surface area (Å²) in [6, 6.07) is 13.0. The first-order valence-electron chi connectivity index (χ1n) is 8.69. The Labute approximate surface area is 142 Å². The number of hydrogen-bond donors (Lipinski definition) is 1. The number of amides is 1. The molecule has 0 radical (unpaired) electrons. The molecule has 1 aromatic carbocycles. The lowest BCUT2D eigenvalue weighted by Gasteiger charge is -2.29. The quantitative estimate of drug-likeness (QED) is 0.857. The van der Waals surface area contributed by atoms with E-state index in [0.29, 0.717) is 17.2 Å². The van der Waals surface area contributed by atoms with Gasteiger partial charge in [0.15, 0.2) is 0 Å². The van der Waals surface area contributed by atoms with Crippen molar-refractivity contribution < 1.29 is 9.59 Å². The van der Waals surface area contributed by atoms with Gasteiger partial charge in [0.25, 0.3) is 0 Å². The summed E-state index contributed by atoms with van der Waals surface area (Å²) in [6.45, 7) is 2.38. The van der Waals surface area contributed by atoms with E-state index < -0.39 is 0 Å². The van der Waals surface area contributed by atoms with Gasteiger partial charge >= 0.3 is 0 Å². The molecule has 4 heteroatoms. The fourth-order valence-electron chi connectivity index (χ4n) is 3.43. The van der Waals surface area contributed by atoms with Gasteiger partial charge in [0.2, 0.25) is 11.7 Å². The van der Waals surface area contributed by atoms with Crippen molar-refractivity contribution in [3.05, 3.63) is 59.9 Å². The zero-order valence-corrected chi connectivity index (χ0v) is 14.1. The monoisotopic (exact) mass is 324 g/mol.